The van der Waals surface area contributed by atoms with Crippen molar-refractivity contribution in [3.63, 3.8) is 0 Å². The summed E-state index contributed by atoms with van der Waals surface area (Å²) in [5, 5.41) is -0.103. The molecule has 5 nitrogen and oxygen atoms in total. The lowest BCUT2D eigenvalue weighted by Crippen LogP contribution is -2.15. The van der Waals surface area contributed by atoms with Crippen molar-refractivity contribution in [2.24, 2.45) is 0 Å². The summed E-state index contributed by atoms with van der Waals surface area (Å²) in [6.45, 7) is 1.88. The van der Waals surface area contributed by atoms with Crippen LogP contribution < -0.4 is 11.3 Å². The van der Waals surface area contributed by atoms with E-state index in [2.05, 4.69) is 4.98 Å². The third-order valence-electron chi connectivity index (χ3n) is 1.51. The number of halogens is 1. The molecule has 0 aliphatic rings. The number of nitrogens with two attached hydrogens (primary N) is 1. The van der Waals surface area contributed by atoms with Gasteiger partial charge in [0.1, 0.15) is 10.7 Å². The van der Waals surface area contributed by atoms with E-state index in [1.807, 2.05) is 0 Å². The molecule has 1 aromatic heterocycles. The predicted octanol–water partition coefficient (Wildman–Crippen LogP) is 0.787. The summed E-state index contributed by atoms with van der Waals surface area (Å²) >= 11 is 5.63. The van der Waals surface area contributed by atoms with Gasteiger partial charge in [-0.05, 0) is 6.92 Å². The topological polar surface area (TPSA) is 85.2 Å². The number of ether oxygens (including phenoxy) is 1. The van der Waals surface area contributed by atoms with Gasteiger partial charge in [0, 0.05) is 6.07 Å². The first-order valence-electron chi connectivity index (χ1n) is 3.91. The number of anilines is 1. The van der Waals surface area contributed by atoms with E-state index in [0.29, 0.717) is 0 Å². The van der Waals surface area contributed by atoms with E-state index >= 15 is 0 Å². The lowest BCUT2D eigenvalue weighted by molar-refractivity contribution is 0.0527. The highest BCUT2D eigenvalue weighted by molar-refractivity contribution is 6.33. The Morgan fingerprint density at radius 2 is 2.36 bits per heavy atom. The van der Waals surface area contributed by atoms with Crippen LogP contribution in [0.1, 0.15) is 17.3 Å². The van der Waals surface area contributed by atoms with Crippen LogP contribution in [0.25, 0.3) is 0 Å². The lowest BCUT2D eigenvalue weighted by Gasteiger charge is -2.05. The zero-order valence-electron chi connectivity index (χ0n) is 7.46. The summed E-state index contributed by atoms with van der Waals surface area (Å²) < 4.78 is 4.70. The zero-order chi connectivity index (χ0) is 10.7. The van der Waals surface area contributed by atoms with Crippen molar-refractivity contribution in [3.05, 3.63) is 27.1 Å². The van der Waals surface area contributed by atoms with Crippen LogP contribution in [0.3, 0.4) is 0 Å². The molecule has 0 fully saturated rings. The fraction of sp³-hybridized carbons (Fsp3) is 0.250. The van der Waals surface area contributed by atoms with E-state index in [1.54, 1.807) is 6.92 Å². The molecule has 0 aliphatic carbocycles. The Labute approximate surface area is 84.8 Å². The monoisotopic (exact) mass is 216 g/mol. The van der Waals surface area contributed by atoms with Gasteiger partial charge in [-0.25, -0.2) is 4.79 Å². The maximum absolute atomic E-state index is 11.3. The molecule has 0 atom stereocenters. The minimum atomic E-state index is -0.647. The highest BCUT2D eigenvalue weighted by atomic mass is 35.5. The fourth-order valence-electron chi connectivity index (χ4n) is 0.958. The molecule has 0 amide bonds. The average molecular weight is 217 g/mol. The van der Waals surface area contributed by atoms with Gasteiger partial charge in [0.25, 0.3) is 5.56 Å². The maximum Gasteiger partial charge on any atom is 0.343 e. The molecule has 3 N–H and O–H groups in total. The SMILES string of the molecule is CCOC(=O)c1c(N)cc(=O)[nH]c1Cl. The van der Waals surface area contributed by atoms with Gasteiger partial charge in [-0.1, -0.05) is 11.6 Å². The molecular weight excluding hydrogens is 208 g/mol. The van der Waals surface area contributed by atoms with Crippen LogP contribution in [0, 0.1) is 0 Å². The molecule has 14 heavy (non-hydrogen) atoms. The zero-order valence-corrected chi connectivity index (χ0v) is 8.22. The summed E-state index contributed by atoms with van der Waals surface area (Å²) in [5.41, 5.74) is 5.00. The molecule has 0 aromatic carbocycles. The van der Waals surface area contributed by atoms with Crippen LogP contribution in [-0.4, -0.2) is 17.6 Å². The number of H-pyrrole nitrogens is 1. The number of aromatic amines is 1. The van der Waals surface area contributed by atoms with Gasteiger partial charge >= 0.3 is 5.97 Å². The minimum Gasteiger partial charge on any atom is -0.462 e. The smallest absolute Gasteiger partial charge is 0.343 e. The van der Waals surface area contributed by atoms with Crippen molar-refractivity contribution in [3.8, 4) is 0 Å². The highest BCUT2D eigenvalue weighted by Crippen LogP contribution is 2.18. The van der Waals surface area contributed by atoms with E-state index in [1.165, 1.54) is 0 Å². The lowest BCUT2D eigenvalue weighted by atomic mass is 10.2. The van der Waals surface area contributed by atoms with Crippen molar-refractivity contribution < 1.29 is 9.53 Å². The van der Waals surface area contributed by atoms with E-state index in [0.717, 1.165) is 6.07 Å². The Morgan fingerprint density at radius 1 is 1.71 bits per heavy atom. The van der Waals surface area contributed by atoms with Gasteiger partial charge in [-0.3, -0.25) is 4.79 Å². The second-order valence-corrected chi connectivity index (χ2v) is 2.88. The molecule has 0 spiro atoms. The van der Waals surface area contributed by atoms with Gasteiger partial charge in [0.15, 0.2) is 0 Å². The summed E-state index contributed by atoms with van der Waals surface area (Å²) in [6.07, 6.45) is 0. The first kappa shape index (κ1) is 10.6. The Bertz CT molecular complexity index is 387. The van der Waals surface area contributed by atoms with Crippen LogP contribution in [0.5, 0.6) is 0 Å². The molecule has 0 radical (unpaired) electrons. The normalized spacial score (nSPS) is 9.86. The summed E-state index contributed by atoms with van der Waals surface area (Å²) in [4.78, 5) is 24.4. The molecule has 0 saturated heterocycles. The molecule has 0 unspecified atom stereocenters. The minimum absolute atomic E-state index is 0.00637. The van der Waals surface area contributed by atoms with Crippen molar-refractivity contribution in [2.75, 3.05) is 12.3 Å². The van der Waals surface area contributed by atoms with Gasteiger partial charge < -0.3 is 15.5 Å². The second kappa shape index (κ2) is 4.15. The average Bonchev–Trinajstić information content (AvgIpc) is 2.01. The molecule has 0 bridgehead atoms. The first-order valence-corrected chi connectivity index (χ1v) is 4.29. The molecule has 76 valence electrons. The Hall–Kier alpha value is -1.49. The Morgan fingerprint density at radius 3 is 2.86 bits per heavy atom. The van der Waals surface area contributed by atoms with Crippen molar-refractivity contribution in [1.82, 2.24) is 4.98 Å². The number of hydrogen-bond acceptors (Lipinski definition) is 4. The molecule has 0 aliphatic heterocycles. The number of hydrogen-bond donors (Lipinski definition) is 2. The van der Waals surface area contributed by atoms with Crippen LogP contribution in [0.15, 0.2) is 10.9 Å². The predicted molar refractivity (Wildman–Crippen MR) is 52.4 cm³/mol. The van der Waals surface area contributed by atoms with Crippen LogP contribution in [0.4, 0.5) is 5.69 Å². The molecule has 1 rings (SSSR count). The van der Waals surface area contributed by atoms with E-state index < -0.39 is 11.5 Å². The maximum atomic E-state index is 11.3. The number of esters is 1. The number of rotatable bonds is 2. The third kappa shape index (κ3) is 2.05. The third-order valence-corrected chi connectivity index (χ3v) is 1.79. The van der Waals surface area contributed by atoms with Gasteiger partial charge in [0.2, 0.25) is 0 Å². The summed E-state index contributed by atoms with van der Waals surface area (Å²) in [7, 11) is 0. The molecular formula is C8H9ClN2O3. The van der Waals surface area contributed by atoms with Crippen LogP contribution in [-0.2, 0) is 4.74 Å². The first-order chi connectivity index (χ1) is 6.56. The van der Waals surface area contributed by atoms with Crippen LogP contribution >= 0.6 is 11.6 Å². The fourth-order valence-corrected chi connectivity index (χ4v) is 1.24. The molecule has 6 heteroatoms. The molecule has 0 saturated carbocycles. The second-order valence-electron chi connectivity index (χ2n) is 2.50. The van der Waals surface area contributed by atoms with Crippen molar-refractivity contribution in [2.45, 2.75) is 6.92 Å². The highest BCUT2D eigenvalue weighted by Gasteiger charge is 2.16. The summed E-state index contributed by atoms with van der Waals surface area (Å²) in [6, 6.07) is 1.08. The quantitative estimate of drug-likeness (QED) is 0.565. The Kier molecular flexibility index (Phi) is 3.14. The number of nitrogens with one attached hydrogen (secondary N) is 1. The molecule has 1 heterocycles. The molecule has 1 aromatic rings. The summed E-state index contributed by atoms with van der Waals surface area (Å²) in [5.74, 6) is -0.647. The van der Waals surface area contributed by atoms with Gasteiger partial charge in [0.05, 0.1) is 12.3 Å². The number of pyridine rings is 1. The van der Waals surface area contributed by atoms with Crippen LogP contribution in [0.2, 0.25) is 5.15 Å². The Balaban J connectivity index is 3.21. The van der Waals surface area contributed by atoms with E-state index in [4.69, 9.17) is 22.1 Å². The van der Waals surface area contributed by atoms with Crippen molar-refractivity contribution in [1.29, 1.82) is 0 Å². The van der Waals surface area contributed by atoms with E-state index in [9.17, 15) is 9.59 Å². The number of aromatic nitrogens is 1. The largest absolute Gasteiger partial charge is 0.462 e. The standard InChI is InChI=1S/C8H9ClN2O3/c1-2-14-8(13)6-4(10)3-5(12)11-7(6)9/h3H,2H2,1H3,(H3,10,11,12). The number of carbonyl (C=O) groups is 1. The number of carbonyl (C=O) groups excluding carboxylic acids is 1. The van der Waals surface area contributed by atoms with Gasteiger partial charge in [-0.15, -0.1) is 0 Å². The van der Waals surface area contributed by atoms with E-state index in [-0.39, 0.29) is 23.0 Å². The number of nitrogen functional groups attached to an aromatic ring is 1. The van der Waals surface area contributed by atoms with Gasteiger partial charge in [-0.2, -0.15) is 0 Å². The van der Waals surface area contributed by atoms with Crippen molar-refractivity contribution >= 4 is 23.3 Å².